The topological polar surface area (TPSA) is 95.7 Å². The number of nitriles is 1. The maximum absolute atomic E-state index is 12.0. The average molecular weight is 323 g/mol. The number of nitrogens with one attached hydrogen (secondary N) is 1. The number of sulfonamides is 1. The van der Waals surface area contributed by atoms with Crippen LogP contribution in [-0.2, 0) is 15.8 Å². The second-order valence-electron chi connectivity index (χ2n) is 4.33. The van der Waals surface area contributed by atoms with Crippen LogP contribution in [0.3, 0.4) is 0 Å². The molecule has 0 fully saturated rings. The second kappa shape index (κ2) is 6.08. The Bertz CT molecular complexity index is 778. The minimum Gasteiger partial charge on any atom is -0.251 e. The Morgan fingerprint density at radius 3 is 2.52 bits per heavy atom. The van der Waals surface area contributed by atoms with Gasteiger partial charge in [-0.25, -0.2) is 18.4 Å². The van der Waals surface area contributed by atoms with Crippen molar-refractivity contribution in [3.63, 3.8) is 0 Å². The van der Waals surface area contributed by atoms with Crippen molar-refractivity contribution in [2.75, 3.05) is 4.72 Å². The summed E-state index contributed by atoms with van der Waals surface area (Å²) in [6.45, 7) is 1.69. The number of halogens is 1. The fourth-order valence-electron chi connectivity index (χ4n) is 1.65. The molecule has 0 aliphatic rings. The number of hydrogen-bond acceptors (Lipinski definition) is 5. The molecule has 0 aliphatic carbocycles. The Labute approximate surface area is 127 Å². The van der Waals surface area contributed by atoms with Crippen molar-refractivity contribution in [3.8, 4) is 6.07 Å². The number of aromatic nitrogens is 2. The number of hydrogen-bond donors (Lipinski definition) is 1. The summed E-state index contributed by atoms with van der Waals surface area (Å²) in [4.78, 5) is 7.77. The molecule has 0 bridgehead atoms. The summed E-state index contributed by atoms with van der Waals surface area (Å²) in [5, 5.41) is 8.86. The van der Waals surface area contributed by atoms with Gasteiger partial charge in [0.1, 0.15) is 5.15 Å². The van der Waals surface area contributed by atoms with Crippen LogP contribution >= 0.6 is 11.6 Å². The summed E-state index contributed by atoms with van der Waals surface area (Å²) in [5.74, 6) is -0.304. The maximum atomic E-state index is 12.0. The highest BCUT2D eigenvalue weighted by atomic mass is 35.5. The average Bonchev–Trinajstić information content (AvgIpc) is 2.37. The molecule has 0 saturated heterocycles. The van der Waals surface area contributed by atoms with E-state index in [1.807, 2.05) is 6.07 Å². The van der Waals surface area contributed by atoms with E-state index in [1.54, 1.807) is 31.2 Å². The van der Waals surface area contributed by atoms with Crippen LogP contribution in [0.2, 0.25) is 5.15 Å². The lowest BCUT2D eigenvalue weighted by molar-refractivity contribution is 0.600. The van der Waals surface area contributed by atoms with Crippen LogP contribution in [0.15, 0.2) is 30.3 Å². The van der Waals surface area contributed by atoms with Crippen LogP contribution in [0.1, 0.15) is 16.8 Å². The van der Waals surface area contributed by atoms with Crippen molar-refractivity contribution in [2.24, 2.45) is 0 Å². The number of rotatable bonds is 4. The first-order valence-electron chi connectivity index (χ1n) is 5.89. The summed E-state index contributed by atoms with van der Waals surface area (Å²) in [5.41, 5.74) is 1.59. The molecule has 1 aromatic carbocycles. The molecule has 1 N–H and O–H groups in total. The van der Waals surface area contributed by atoms with Gasteiger partial charge in [-0.3, -0.25) is 4.72 Å². The predicted molar refractivity (Wildman–Crippen MR) is 79.2 cm³/mol. The largest absolute Gasteiger partial charge is 0.251 e. The summed E-state index contributed by atoms with van der Waals surface area (Å²) < 4.78 is 26.4. The van der Waals surface area contributed by atoms with Gasteiger partial charge >= 0.3 is 0 Å². The summed E-state index contributed by atoms with van der Waals surface area (Å²) in [7, 11) is -3.66. The van der Waals surface area contributed by atoms with Gasteiger partial charge in [-0.1, -0.05) is 23.7 Å². The number of aryl methyl sites for hydroxylation is 1. The third kappa shape index (κ3) is 4.41. The van der Waals surface area contributed by atoms with Crippen LogP contribution in [0.4, 0.5) is 5.95 Å². The van der Waals surface area contributed by atoms with Crippen molar-refractivity contribution >= 4 is 27.6 Å². The van der Waals surface area contributed by atoms with Crippen molar-refractivity contribution in [1.82, 2.24) is 9.97 Å². The zero-order chi connectivity index (χ0) is 15.5. The highest BCUT2D eigenvalue weighted by Crippen LogP contribution is 2.13. The molecular formula is C13H11ClN4O2S. The molecule has 6 nitrogen and oxygen atoms in total. The normalized spacial score (nSPS) is 10.9. The fraction of sp³-hybridized carbons (Fsp3) is 0.154. The third-order valence-corrected chi connectivity index (χ3v) is 3.91. The van der Waals surface area contributed by atoms with Gasteiger partial charge < -0.3 is 0 Å². The van der Waals surface area contributed by atoms with Gasteiger partial charge in [0, 0.05) is 5.69 Å². The fourth-order valence-corrected chi connectivity index (χ4v) is 2.96. The Balaban J connectivity index is 2.16. The molecule has 0 aliphatic heterocycles. The van der Waals surface area contributed by atoms with Gasteiger partial charge in [-0.05, 0) is 30.7 Å². The zero-order valence-electron chi connectivity index (χ0n) is 11.0. The van der Waals surface area contributed by atoms with E-state index in [2.05, 4.69) is 14.7 Å². The SMILES string of the molecule is Cc1cc(Cl)nc(NS(=O)(=O)Cc2ccc(C#N)cc2)n1. The first kappa shape index (κ1) is 15.2. The first-order valence-corrected chi connectivity index (χ1v) is 7.92. The second-order valence-corrected chi connectivity index (χ2v) is 6.44. The Kier molecular flexibility index (Phi) is 4.40. The lowest BCUT2D eigenvalue weighted by Gasteiger charge is -2.07. The van der Waals surface area contributed by atoms with Crippen molar-refractivity contribution in [2.45, 2.75) is 12.7 Å². The number of benzene rings is 1. The molecule has 2 aromatic rings. The highest BCUT2D eigenvalue weighted by Gasteiger charge is 2.14. The summed E-state index contributed by atoms with van der Waals surface area (Å²) in [6.07, 6.45) is 0. The van der Waals surface area contributed by atoms with Gasteiger partial charge in [-0.2, -0.15) is 5.26 Å². The molecular weight excluding hydrogens is 312 g/mol. The summed E-state index contributed by atoms with van der Waals surface area (Å²) >= 11 is 5.76. The molecule has 2 rings (SSSR count). The number of anilines is 1. The Morgan fingerprint density at radius 1 is 1.29 bits per heavy atom. The van der Waals surface area contributed by atoms with Crippen molar-refractivity contribution in [3.05, 3.63) is 52.3 Å². The molecule has 0 saturated carbocycles. The van der Waals surface area contributed by atoms with E-state index < -0.39 is 10.0 Å². The molecule has 8 heteroatoms. The molecule has 0 amide bonds. The lowest BCUT2D eigenvalue weighted by atomic mass is 10.2. The molecule has 108 valence electrons. The van der Waals surface area contributed by atoms with Gasteiger partial charge in [-0.15, -0.1) is 0 Å². The minimum absolute atomic E-state index is 0.0614. The van der Waals surface area contributed by atoms with E-state index in [1.165, 1.54) is 6.07 Å². The smallest absolute Gasteiger partial charge is 0.239 e. The zero-order valence-corrected chi connectivity index (χ0v) is 12.6. The van der Waals surface area contributed by atoms with Crippen LogP contribution < -0.4 is 4.72 Å². The molecule has 0 atom stereocenters. The van der Waals surface area contributed by atoms with E-state index in [-0.39, 0.29) is 16.9 Å². The van der Waals surface area contributed by atoms with Gasteiger partial charge in [0.15, 0.2) is 0 Å². The minimum atomic E-state index is -3.66. The molecule has 0 unspecified atom stereocenters. The molecule has 0 spiro atoms. The maximum Gasteiger partial charge on any atom is 0.239 e. The highest BCUT2D eigenvalue weighted by molar-refractivity contribution is 7.91. The first-order chi connectivity index (χ1) is 9.88. The van der Waals surface area contributed by atoms with Crippen molar-refractivity contribution < 1.29 is 8.42 Å². The molecule has 1 heterocycles. The van der Waals surface area contributed by atoms with Crippen LogP contribution in [-0.4, -0.2) is 18.4 Å². The number of nitrogens with zero attached hydrogens (tertiary/aromatic N) is 3. The van der Waals surface area contributed by atoms with Gasteiger partial charge in [0.25, 0.3) is 0 Å². The van der Waals surface area contributed by atoms with E-state index in [0.717, 1.165) is 0 Å². The van der Waals surface area contributed by atoms with Crippen LogP contribution in [0.25, 0.3) is 0 Å². The predicted octanol–water partition coefficient (Wildman–Crippen LogP) is 2.25. The molecule has 0 radical (unpaired) electrons. The molecule has 21 heavy (non-hydrogen) atoms. The Hall–Kier alpha value is -2.17. The lowest BCUT2D eigenvalue weighted by Crippen LogP contribution is -2.17. The monoisotopic (exact) mass is 322 g/mol. The van der Waals surface area contributed by atoms with E-state index >= 15 is 0 Å². The van der Waals surface area contributed by atoms with Crippen LogP contribution in [0.5, 0.6) is 0 Å². The van der Waals surface area contributed by atoms with E-state index in [0.29, 0.717) is 16.8 Å². The molecule has 1 aromatic heterocycles. The van der Waals surface area contributed by atoms with E-state index in [9.17, 15) is 8.42 Å². The van der Waals surface area contributed by atoms with Crippen LogP contribution in [0, 0.1) is 18.3 Å². The van der Waals surface area contributed by atoms with E-state index in [4.69, 9.17) is 16.9 Å². The summed E-state index contributed by atoms with van der Waals surface area (Å²) in [6, 6.07) is 9.79. The Morgan fingerprint density at radius 2 is 1.95 bits per heavy atom. The van der Waals surface area contributed by atoms with Crippen molar-refractivity contribution in [1.29, 1.82) is 5.26 Å². The quantitative estimate of drug-likeness (QED) is 0.871. The van der Waals surface area contributed by atoms with Gasteiger partial charge in [0.2, 0.25) is 16.0 Å². The standard InChI is InChI=1S/C13H11ClN4O2S/c1-9-6-12(14)17-13(16-9)18-21(19,20)8-11-4-2-10(7-15)3-5-11/h2-6H,8H2,1H3,(H,16,17,18). The van der Waals surface area contributed by atoms with Gasteiger partial charge in [0.05, 0.1) is 17.4 Å². The third-order valence-electron chi connectivity index (χ3n) is 2.51.